The van der Waals surface area contributed by atoms with Crippen molar-refractivity contribution in [1.82, 2.24) is 4.31 Å². The van der Waals surface area contributed by atoms with E-state index in [0.717, 1.165) is 6.07 Å². The summed E-state index contributed by atoms with van der Waals surface area (Å²) >= 11 is 12.1. The topological polar surface area (TPSA) is 40.6 Å². The fourth-order valence-electron chi connectivity index (χ4n) is 2.87. The van der Waals surface area contributed by atoms with E-state index in [1.165, 1.54) is 28.6 Å². The summed E-state index contributed by atoms with van der Waals surface area (Å²) in [5, 5.41) is 0.457. The minimum absolute atomic E-state index is 0.00230. The maximum absolute atomic E-state index is 13.9. The molecule has 1 heterocycles. The van der Waals surface area contributed by atoms with Crippen LogP contribution in [0.4, 0.5) is 14.5 Å². The van der Waals surface area contributed by atoms with Crippen LogP contribution in [0.5, 0.6) is 0 Å². The van der Waals surface area contributed by atoms with Crippen molar-refractivity contribution in [3.8, 4) is 0 Å². The van der Waals surface area contributed by atoms with Gasteiger partial charge in [0.05, 0.1) is 10.7 Å². The van der Waals surface area contributed by atoms with Gasteiger partial charge in [0.25, 0.3) is 0 Å². The van der Waals surface area contributed by atoms with Crippen LogP contribution in [-0.2, 0) is 10.0 Å². The minimum Gasteiger partial charge on any atom is -0.367 e. The van der Waals surface area contributed by atoms with Crippen LogP contribution in [0.25, 0.3) is 0 Å². The quantitative estimate of drug-likeness (QED) is 0.750. The number of piperazine rings is 1. The first kappa shape index (κ1) is 19.4. The number of hydrogen-bond acceptors (Lipinski definition) is 3. The number of nitrogens with zero attached hydrogens (tertiary/aromatic N) is 2. The van der Waals surface area contributed by atoms with Crippen molar-refractivity contribution in [2.75, 3.05) is 31.1 Å². The van der Waals surface area contributed by atoms with Gasteiger partial charge in [-0.05, 0) is 36.8 Å². The lowest BCUT2D eigenvalue weighted by Crippen LogP contribution is -2.49. The highest BCUT2D eigenvalue weighted by molar-refractivity contribution is 7.89. The maximum atomic E-state index is 13.9. The average molecular weight is 421 g/mol. The molecule has 9 heteroatoms. The highest BCUT2D eigenvalue weighted by Crippen LogP contribution is 2.31. The molecular weight excluding hydrogens is 405 g/mol. The molecule has 1 aliphatic heterocycles. The summed E-state index contributed by atoms with van der Waals surface area (Å²) < 4.78 is 54.0. The van der Waals surface area contributed by atoms with Crippen LogP contribution in [0.3, 0.4) is 0 Å². The van der Waals surface area contributed by atoms with Crippen LogP contribution in [0.1, 0.15) is 5.56 Å². The monoisotopic (exact) mass is 420 g/mol. The third kappa shape index (κ3) is 3.67. The largest absolute Gasteiger partial charge is 0.367 e. The van der Waals surface area contributed by atoms with Crippen LogP contribution in [0, 0.1) is 18.6 Å². The molecular formula is C17H16Cl2F2N2O2S. The lowest BCUT2D eigenvalue weighted by molar-refractivity contribution is 0.383. The highest BCUT2D eigenvalue weighted by atomic mass is 35.5. The second kappa shape index (κ2) is 7.31. The summed E-state index contributed by atoms with van der Waals surface area (Å²) in [4.78, 5) is 1.69. The Balaban J connectivity index is 1.80. The molecule has 3 rings (SSSR count). The van der Waals surface area contributed by atoms with Crippen LogP contribution < -0.4 is 4.90 Å². The molecule has 0 unspecified atom stereocenters. The number of sulfonamides is 1. The van der Waals surface area contributed by atoms with Gasteiger partial charge in [-0.1, -0.05) is 23.2 Å². The summed E-state index contributed by atoms with van der Waals surface area (Å²) in [6.45, 7) is 2.60. The van der Waals surface area contributed by atoms with E-state index in [0.29, 0.717) is 10.6 Å². The Kier molecular flexibility index (Phi) is 5.44. The van der Waals surface area contributed by atoms with Gasteiger partial charge in [0, 0.05) is 37.3 Å². The summed E-state index contributed by atoms with van der Waals surface area (Å²) in [6.07, 6.45) is 0. The fourth-order valence-corrected chi connectivity index (χ4v) is 5.10. The van der Waals surface area contributed by atoms with Gasteiger partial charge in [-0.2, -0.15) is 4.31 Å². The third-order valence-corrected chi connectivity index (χ3v) is 7.09. The van der Waals surface area contributed by atoms with Crippen LogP contribution in [0.15, 0.2) is 35.2 Å². The van der Waals surface area contributed by atoms with Gasteiger partial charge >= 0.3 is 0 Å². The molecule has 0 N–H and O–H groups in total. The zero-order chi connectivity index (χ0) is 19.1. The van der Waals surface area contributed by atoms with Gasteiger partial charge in [-0.25, -0.2) is 17.2 Å². The number of anilines is 1. The molecule has 26 heavy (non-hydrogen) atoms. The summed E-state index contributed by atoms with van der Waals surface area (Å²) in [6, 6.07) is 6.21. The summed E-state index contributed by atoms with van der Waals surface area (Å²) in [7, 11) is -3.79. The first-order valence-electron chi connectivity index (χ1n) is 7.86. The standard InChI is InChI=1S/C17H16Cl2F2N2O2S/c1-11-8-17(14(19)10-13(11)18)26(24,25)23-6-4-22(5-7-23)16-3-2-12(20)9-15(16)21/h2-3,8-10H,4-7H2,1H3. The van der Waals surface area contributed by atoms with Crippen molar-refractivity contribution in [1.29, 1.82) is 0 Å². The van der Waals surface area contributed by atoms with E-state index in [1.807, 2.05) is 0 Å². The minimum atomic E-state index is -3.79. The van der Waals surface area contributed by atoms with E-state index in [9.17, 15) is 17.2 Å². The normalized spacial score (nSPS) is 16.1. The molecule has 4 nitrogen and oxygen atoms in total. The Morgan fingerprint density at radius 1 is 0.962 bits per heavy atom. The second-order valence-electron chi connectivity index (χ2n) is 6.02. The predicted octanol–water partition coefficient (Wildman–Crippen LogP) is 4.09. The van der Waals surface area contributed by atoms with Gasteiger partial charge in [0.1, 0.15) is 16.5 Å². The van der Waals surface area contributed by atoms with Crippen LogP contribution >= 0.6 is 23.2 Å². The second-order valence-corrected chi connectivity index (χ2v) is 8.74. The molecule has 0 amide bonds. The van der Waals surface area contributed by atoms with Gasteiger partial charge in [0.15, 0.2) is 0 Å². The lowest BCUT2D eigenvalue weighted by atomic mass is 10.2. The van der Waals surface area contributed by atoms with Crippen molar-refractivity contribution in [2.24, 2.45) is 0 Å². The number of rotatable bonds is 3. The summed E-state index contributed by atoms with van der Waals surface area (Å²) in [5.74, 6) is -1.32. The Labute approximate surface area is 161 Å². The molecule has 1 saturated heterocycles. The number of aryl methyl sites for hydroxylation is 1. The Morgan fingerprint density at radius 2 is 1.62 bits per heavy atom. The molecule has 0 aromatic heterocycles. The molecule has 0 radical (unpaired) electrons. The van der Waals surface area contributed by atoms with E-state index in [2.05, 4.69) is 0 Å². The predicted molar refractivity (Wildman–Crippen MR) is 98.5 cm³/mol. The molecule has 0 spiro atoms. The van der Waals surface area contributed by atoms with Crippen LogP contribution in [-0.4, -0.2) is 38.9 Å². The molecule has 0 atom stereocenters. The zero-order valence-electron chi connectivity index (χ0n) is 13.8. The smallest absolute Gasteiger partial charge is 0.244 e. The number of hydrogen-bond donors (Lipinski definition) is 0. The van der Waals surface area contributed by atoms with Crippen molar-refractivity contribution < 1.29 is 17.2 Å². The number of benzene rings is 2. The fraction of sp³-hybridized carbons (Fsp3) is 0.294. The number of halogens is 4. The Bertz CT molecular complexity index is 946. The maximum Gasteiger partial charge on any atom is 0.244 e. The Morgan fingerprint density at radius 3 is 2.23 bits per heavy atom. The van der Waals surface area contributed by atoms with E-state index < -0.39 is 21.7 Å². The van der Waals surface area contributed by atoms with E-state index in [-0.39, 0.29) is 41.8 Å². The van der Waals surface area contributed by atoms with Crippen molar-refractivity contribution in [3.05, 3.63) is 57.6 Å². The van der Waals surface area contributed by atoms with E-state index in [4.69, 9.17) is 23.2 Å². The average Bonchev–Trinajstić information content (AvgIpc) is 2.58. The molecule has 2 aromatic carbocycles. The molecule has 0 aliphatic carbocycles. The van der Waals surface area contributed by atoms with E-state index >= 15 is 0 Å². The van der Waals surface area contributed by atoms with Gasteiger partial charge in [-0.15, -0.1) is 0 Å². The third-order valence-electron chi connectivity index (χ3n) is 4.32. The van der Waals surface area contributed by atoms with Crippen molar-refractivity contribution in [2.45, 2.75) is 11.8 Å². The van der Waals surface area contributed by atoms with Gasteiger partial charge < -0.3 is 4.90 Å². The molecule has 140 valence electrons. The van der Waals surface area contributed by atoms with Crippen LogP contribution in [0.2, 0.25) is 10.0 Å². The van der Waals surface area contributed by atoms with Crippen molar-refractivity contribution in [3.63, 3.8) is 0 Å². The molecule has 2 aromatic rings. The lowest BCUT2D eigenvalue weighted by Gasteiger charge is -2.35. The molecule has 1 aliphatic rings. The van der Waals surface area contributed by atoms with Gasteiger partial charge in [0.2, 0.25) is 10.0 Å². The zero-order valence-corrected chi connectivity index (χ0v) is 16.2. The molecule has 0 saturated carbocycles. The molecule has 0 bridgehead atoms. The van der Waals surface area contributed by atoms with Gasteiger partial charge in [-0.3, -0.25) is 0 Å². The molecule has 1 fully saturated rings. The Hall–Kier alpha value is -1.41. The SMILES string of the molecule is Cc1cc(S(=O)(=O)N2CCN(c3ccc(F)cc3F)CC2)c(Cl)cc1Cl. The summed E-state index contributed by atoms with van der Waals surface area (Å²) in [5.41, 5.74) is 0.866. The first-order valence-corrected chi connectivity index (χ1v) is 10.1. The van der Waals surface area contributed by atoms with Crippen molar-refractivity contribution >= 4 is 38.9 Å². The first-order chi connectivity index (χ1) is 12.2. The highest BCUT2D eigenvalue weighted by Gasteiger charge is 2.31. The van der Waals surface area contributed by atoms with E-state index in [1.54, 1.807) is 11.8 Å².